The third kappa shape index (κ3) is 6.01. The zero-order valence-electron chi connectivity index (χ0n) is 16.8. The molecule has 4 rings (SSSR count). The van der Waals surface area contributed by atoms with E-state index in [1.807, 2.05) is 18.2 Å². The summed E-state index contributed by atoms with van der Waals surface area (Å²) in [5.41, 5.74) is 4.11. The summed E-state index contributed by atoms with van der Waals surface area (Å²) in [5.74, 6) is -0.275. The number of fused-ring (bicyclic) bond motifs is 1. The van der Waals surface area contributed by atoms with Crippen LogP contribution in [0.3, 0.4) is 0 Å². The van der Waals surface area contributed by atoms with Crippen molar-refractivity contribution in [2.24, 2.45) is 5.10 Å². The maximum Gasteiger partial charge on any atom is 0.339 e. The molecule has 3 aromatic carbocycles. The van der Waals surface area contributed by atoms with Gasteiger partial charge in [0.05, 0.1) is 12.0 Å². The first kappa shape index (κ1) is 23.0. The smallest absolute Gasteiger partial charge is 0.339 e. The average molecular weight is 546 g/mol. The number of oxazole rings is 1. The fraction of sp³-hybridized carbons (Fsp3) is 0.0455. The quantitative estimate of drug-likeness (QED) is 0.149. The van der Waals surface area contributed by atoms with Crippen LogP contribution in [0.5, 0.6) is 5.75 Å². The van der Waals surface area contributed by atoms with Gasteiger partial charge in [-0.1, -0.05) is 58.0 Å². The van der Waals surface area contributed by atoms with Crippen molar-refractivity contribution in [1.29, 1.82) is 0 Å². The van der Waals surface area contributed by atoms with Crippen LogP contribution in [-0.2, 0) is 14.9 Å². The van der Waals surface area contributed by atoms with E-state index in [1.54, 1.807) is 36.4 Å². The summed E-state index contributed by atoms with van der Waals surface area (Å²) in [6.45, 7) is 0. The summed E-state index contributed by atoms with van der Waals surface area (Å²) < 4.78 is 36.6. The van der Waals surface area contributed by atoms with Crippen molar-refractivity contribution in [3.63, 3.8) is 0 Å². The van der Waals surface area contributed by atoms with Crippen LogP contribution in [0.15, 0.2) is 96.9 Å². The summed E-state index contributed by atoms with van der Waals surface area (Å²) in [7, 11) is -4.03. The molecule has 0 aliphatic heterocycles. The van der Waals surface area contributed by atoms with Gasteiger partial charge in [0.25, 0.3) is 11.1 Å². The number of para-hydroxylation sites is 2. The molecule has 1 N–H and O–H groups in total. The molecule has 4 aromatic rings. The first-order valence-corrected chi connectivity index (χ1v) is 12.7. The molecule has 0 atom stereocenters. The van der Waals surface area contributed by atoms with Crippen LogP contribution < -0.4 is 9.61 Å². The van der Waals surface area contributed by atoms with Crippen molar-refractivity contribution in [1.82, 2.24) is 10.4 Å². The Labute approximate surface area is 202 Å². The van der Waals surface area contributed by atoms with Gasteiger partial charge in [-0.2, -0.15) is 13.5 Å². The number of rotatable bonds is 8. The minimum atomic E-state index is -4.03. The van der Waals surface area contributed by atoms with Gasteiger partial charge in [0.1, 0.15) is 10.4 Å². The molecular formula is C22H16BrN3O5S2. The van der Waals surface area contributed by atoms with Crippen LogP contribution in [0, 0.1) is 0 Å². The molecule has 1 aromatic heterocycles. The summed E-state index contributed by atoms with van der Waals surface area (Å²) >= 11 is 4.47. The molecule has 0 aliphatic carbocycles. The zero-order chi connectivity index (χ0) is 23.3. The first-order valence-electron chi connectivity index (χ1n) is 9.50. The largest absolute Gasteiger partial charge is 0.431 e. The van der Waals surface area contributed by atoms with Gasteiger partial charge in [-0.25, -0.2) is 10.4 Å². The average Bonchev–Trinajstić information content (AvgIpc) is 3.23. The Balaban J connectivity index is 1.40. The second kappa shape index (κ2) is 10.2. The number of halogens is 1. The molecule has 11 heteroatoms. The second-order valence-electron chi connectivity index (χ2n) is 6.56. The molecule has 0 aliphatic rings. The maximum atomic E-state index is 12.5. The molecule has 33 heavy (non-hydrogen) atoms. The molecule has 8 nitrogen and oxygen atoms in total. The van der Waals surface area contributed by atoms with Crippen molar-refractivity contribution in [2.45, 2.75) is 10.1 Å². The Morgan fingerprint density at radius 3 is 2.67 bits per heavy atom. The van der Waals surface area contributed by atoms with Crippen molar-refractivity contribution in [3.8, 4) is 5.75 Å². The lowest BCUT2D eigenvalue weighted by Crippen LogP contribution is -2.19. The van der Waals surface area contributed by atoms with Crippen LogP contribution in [-0.4, -0.2) is 31.3 Å². The normalized spacial score (nSPS) is 11.7. The fourth-order valence-corrected chi connectivity index (χ4v) is 4.68. The molecule has 0 saturated heterocycles. The molecule has 0 radical (unpaired) electrons. The predicted molar refractivity (Wildman–Crippen MR) is 129 cm³/mol. The van der Waals surface area contributed by atoms with E-state index in [-0.39, 0.29) is 22.3 Å². The van der Waals surface area contributed by atoms with Gasteiger partial charge in [-0.3, -0.25) is 4.79 Å². The number of carbonyl (C=O) groups is 1. The van der Waals surface area contributed by atoms with E-state index in [0.29, 0.717) is 26.4 Å². The van der Waals surface area contributed by atoms with Gasteiger partial charge >= 0.3 is 10.1 Å². The molecule has 0 unspecified atom stereocenters. The number of benzene rings is 3. The number of carbonyl (C=O) groups excluding carboxylic acids is 1. The summed E-state index contributed by atoms with van der Waals surface area (Å²) in [4.78, 5) is 16.5. The van der Waals surface area contributed by atoms with Gasteiger partial charge in [0, 0.05) is 10.0 Å². The van der Waals surface area contributed by atoms with Crippen LogP contribution in [0.2, 0.25) is 0 Å². The van der Waals surface area contributed by atoms with Gasteiger partial charge < -0.3 is 8.60 Å². The number of hydrogen-bond acceptors (Lipinski definition) is 8. The maximum absolute atomic E-state index is 12.5. The number of nitrogens with one attached hydrogen (secondary N) is 1. The van der Waals surface area contributed by atoms with Crippen molar-refractivity contribution < 1.29 is 21.8 Å². The Morgan fingerprint density at radius 2 is 1.88 bits per heavy atom. The van der Waals surface area contributed by atoms with Gasteiger partial charge in [0.2, 0.25) is 0 Å². The van der Waals surface area contributed by atoms with Crippen LogP contribution in [0.4, 0.5) is 0 Å². The third-order valence-corrected chi connectivity index (χ3v) is 6.77. The highest BCUT2D eigenvalue weighted by atomic mass is 79.9. The molecule has 0 fully saturated rings. The molecule has 1 heterocycles. The van der Waals surface area contributed by atoms with E-state index in [9.17, 15) is 13.2 Å². The van der Waals surface area contributed by atoms with E-state index in [1.165, 1.54) is 24.4 Å². The van der Waals surface area contributed by atoms with E-state index in [4.69, 9.17) is 8.60 Å². The van der Waals surface area contributed by atoms with Crippen molar-refractivity contribution in [2.75, 3.05) is 5.75 Å². The molecule has 1 amide bonds. The minimum Gasteiger partial charge on any atom is -0.431 e. The highest BCUT2D eigenvalue weighted by molar-refractivity contribution is 9.10. The summed E-state index contributed by atoms with van der Waals surface area (Å²) in [6, 6.07) is 19.9. The molecule has 0 spiro atoms. The number of hydrazone groups is 1. The SMILES string of the molecule is O=C(CSc1nc2ccccc2o1)N/N=C\c1cc(Br)ccc1OS(=O)(=O)c1ccccc1. The minimum absolute atomic E-state index is 0.0281. The lowest BCUT2D eigenvalue weighted by Gasteiger charge is -2.09. The van der Waals surface area contributed by atoms with E-state index in [0.717, 1.165) is 11.8 Å². The monoisotopic (exact) mass is 545 g/mol. The lowest BCUT2D eigenvalue weighted by molar-refractivity contribution is -0.118. The highest BCUT2D eigenvalue weighted by Gasteiger charge is 2.18. The number of thioether (sulfide) groups is 1. The Morgan fingerprint density at radius 1 is 1.12 bits per heavy atom. The van der Waals surface area contributed by atoms with Crippen LogP contribution >= 0.6 is 27.7 Å². The molecular weight excluding hydrogens is 530 g/mol. The van der Waals surface area contributed by atoms with Gasteiger partial charge in [-0.15, -0.1) is 0 Å². The van der Waals surface area contributed by atoms with E-state index in [2.05, 4.69) is 31.4 Å². The number of nitrogens with zero attached hydrogens (tertiary/aromatic N) is 2. The van der Waals surface area contributed by atoms with Crippen LogP contribution in [0.1, 0.15) is 5.56 Å². The van der Waals surface area contributed by atoms with Crippen LogP contribution in [0.25, 0.3) is 11.1 Å². The second-order valence-corrected chi connectivity index (χ2v) is 9.95. The van der Waals surface area contributed by atoms with Gasteiger partial charge in [-0.05, 0) is 42.5 Å². The zero-order valence-corrected chi connectivity index (χ0v) is 20.1. The molecule has 0 saturated carbocycles. The fourth-order valence-electron chi connectivity index (χ4n) is 2.70. The Kier molecular flexibility index (Phi) is 7.11. The predicted octanol–water partition coefficient (Wildman–Crippen LogP) is 4.60. The molecule has 0 bridgehead atoms. The van der Waals surface area contributed by atoms with Crippen molar-refractivity contribution in [3.05, 3.63) is 82.8 Å². The van der Waals surface area contributed by atoms with E-state index >= 15 is 0 Å². The summed E-state index contributed by atoms with van der Waals surface area (Å²) in [5, 5.41) is 4.30. The third-order valence-electron chi connectivity index (χ3n) is 4.20. The highest BCUT2D eigenvalue weighted by Crippen LogP contribution is 2.26. The first-order chi connectivity index (χ1) is 15.9. The number of aromatic nitrogens is 1. The number of hydrogen-bond donors (Lipinski definition) is 1. The molecule has 168 valence electrons. The Hall–Kier alpha value is -3.15. The topological polar surface area (TPSA) is 111 Å². The standard InChI is InChI=1S/C22H16BrN3O5S2/c23-16-10-11-19(31-33(28,29)17-6-2-1-3-7-17)15(12-16)13-24-26-21(27)14-32-22-25-18-8-4-5-9-20(18)30-22/h1-13H,14H2,(H,26,27)/b24-13-. The Bertz CT molecular complexity index is 1390. The van der Waals surface area contributed by atoms with Crippen molar-refractivity contribution >= 4 is 61.0 Å². The number of amides is 1. The van der Waals surface area contributed by atoms with Gasteiger partial charge in [0.15, 0.2) is 11.3 Å². The summed E-state index contributed by atoms with van der Waals surface area (Å²) in [6.07, 6.45) is 1.31. The lowest BCUT2D eigenvalue weighted by atomic mass is 10.2. The van der Waals surface area contributed by atoms with E-state index < -0.39 is 10.1 Å².